The topological polar surface area (TPSA) is 56.1 Å². The van der Waals surface area contributed by atoms with Crippen molar-refractivity contribution in [2.24, 2.45) is 0 Å². The summed E-state index contributed by atoms with van der Waals surface area (Å²) < 4.78 is 7.31. The van der Waals surface area contributed by atoms with E-state index in [0.29, 0.717) is 5.75 Å². The molecule has 0 bridgehead atoms. The van der Waals surface area contributed by atoms with Crippen molar-refractivity contribution in [1.29, 1.82) is 0 Å². The van der Waals surface area contributed by atoms with Gasteiger partial charge in [-0.1, -0.05) is 13.3 Å². The van der Waals surface area contributed by atoms with E-state index in [-0.39, 0.29) is 11.9 Å². The van der Waals surface area contributed by atoms with Crippen LogP contribution in [0.3, 0.4) is 0 Å². The molecule has 0 aromatic carbocycles. The van der Waals surface area contributed by atoms with E-state index in [0.717, 1.165) is 19.4 Å². The molecular weight excluding hydrogens is 230 g/mol. The van der Waals surface area contributed by atoms with E-state index in [4.69, 9.17) is 4.74 Å². The third-order valence-electron chi connectivity index (χ3n) is 2.73. The third kappa shape index (κ3) is 4.39. The number of ether oxygens (including phenoxy) is 1. The number of hydrogen-bond donors (Lipinski definition) is 1. The van der Waals surface area contributed by atoms with Gasteiger partial charge in [0.25, 0.3) is 5.91 Å². The maximum absolute atomic E-state index is 11.8. The highest BCUT2D eigenvalue weighted by molar-refractivity contribution is 5.80. The lowest BCUT2D eigenvalue weighted by molar-refractivity contribution is -0.127. The van der Waals surface area contributed by atoms with Crippen LogP contribution in [0.5, 0.6) is 5.75 Å². The SMILES string of the molecule is CCCC(C)NC(=O)C(C)Oc1cnn(CC)c1. The van der Waals surface area contributed by atoms with Gasteiger partial charge in [-0.05, 0) is 27.2 Å². The van der Waals surface area contributed by atoms with Crippen molar-refractivity contribution in [3.8, 4) is 5.75 Å². The van der Waals surface area contributed by atoms with Crippen molar-refractivity contribution >= 4 is 5.91 Å². The van der Waals surface area contributed by atoms with Crippen LogP contribution in [0, 0.1) is 0 Å². The van der Waals surface area contributed by atoms with E-state index in [1.807, 2.05) is 13.8 Å². The summed E-state index contributed by atoms with van der Waals surface area (Å²) in [6, 6.07) is 0.187. The van der Waals surface area contributed by atoms with Crippen LogP contribution in [0.4, 0.5) is 0 Å². The normalized spacial score (nSPS) is 14.0. The Bertz CT molecular complexity index is 376. The van der Waals surface area contributed by atoms with Gasteiger partial charge in [0.1, 0.15) is 0 Å². The van der Waals surface area contributed by atoms with Crippen LogP contribution in [0.2, 0.25) is 0 Å². The molecule has 5 heteroatoms. The van der Waals surface area contributed by atoms with Crippen LogP contribution >= 0.6 is 0 Å². The Kier molecular flexibility index (Phi) is 5.68. The van der Waals surface area contributed by atoms with E-state index in [1.54, 1.807) is 24.0 Å². The summed E-state index contributed by atoms with van der Waals surface area (Å²) in [5.41, 5.74) is 0. The highest BCUT2D eigenvalue weighted by Crippen LogP contribution is 2.10. The Morgan fingerprint density at radius 1 is 1.50 bits per heavy atom. The van der Waals surface area contributed by atoms with Crippen molar-refractivity contribution in [3.05, 3.63) is 12.4 Å². The quantitative estimate of drug-likeness (QED) is 0.808. The molecule has 102 valence electrons. The maximum Gasteiger partial charge on any atom is 0.260 e. The van der Waals surface area contributed by atoms with Gasteiger partial charge in [0, 0.05) is 12.6 Å². The van der Waals surface area contributed by atoms with Gasteiger partial charge >= 0.3 is 0 Å². The fraction of sp³-hybridized carbons (Fsp3) is 0.692. The zero-order valence-corrected chi connectivity index (χ0v) is 11.6. The summed E-state index contributed by atoms with van der Waals surface area (Å²) in [5, 5.41) is 7.03. The van der Waals surface area contributed by atoms with Crippen LogP contribution in [0.25, 0.3) is 0 Å². The minimum Gasteiger partial charge on any atom is -0.478 e. The van der Waals surface area contributed by atoms with Crippen LogP contribution < -0.4 is 10.1 Å². The largest absolute Gasteiger partial charge is 0.478 e. The van der Waals surface area contributed by atoms with Crippen molar-refractivity contribution < 1.29 is 9.53 Å². The highest BCUT2D eigenvalue weighted by atomic mass is 16.5. The number of aryl methyl sites for hydroxylation is 1. The van der Waals surface area contributed by atoms with Gasteiger partial charge in [0.05, 0.1) is 12.4 Å². The molecule has 0 spiro atoms. The lowest BCUT2D eigenvalue weighted by Crippen LogP contribution is -2.41. The minimum absolute atomic E-state index is 0.0831. The highest BCUT2D eigenvalue weighted by Gasteiger charge is 2.17. The van der Waals surface area contributed by atoms with E-state index in [9.17, 15) is 4.79 Å². The summed E-state index contributed by atoms with van der Waals surface area (Å²) in [6.45, 7) is 8.64. The smallest absolute Gasteiger partial charge is 0.260 e. The number of carbonyl (C=O) groups excluding carboxylic acids is 1. The number of rotatable bonds is 7. The molecule has 1 aromatic heterocycles. The third-order valence-corrected chi connectivity index (χ3v) is 2.73. The lowest BCUT2D eigenvalue weighted by Gasteiger charge is -2.17. The predicted octanol–water partition coefficient (Wildman–Crippen LogP) is 1.98. The number of nitrogens with zero attached hydrogens (tertiary/aromatic N) is 2. The average Bonchev–Trinajstić information content (AvgIpc) is 2.76. The van der Waals surface area contributed by atoms with Gasteiger partial charge in [-0.3, -0.25) is 9.48 Å². The zero-order chi connectivity index (χ0) is 13.5. The molecule has 1 amide bonds. The summed E-state index contributed by atoms with van der Waals surface area (Å²) in [6.07, 6.45) is 4.95. The first kappa shape index (κ1) is 14.5. The van der Waals surface area contributed by atoms with E-state index in [1.165, 1.54) is 0 Å². The van der Waals surface area contributed by atoms with E-state index in [2.05, 4.69) is 17.3 Å². The molecule has 0 saturated heterocycles. The van der Waals surface area contributed by atoms with Gasteiger partial charge in [0.15, 0.2) is 11.9 Å². The predicted molar refractivity (Wildman–Crippen MR) is 70.5 cm³/mol. The Hall–Kier alpha value is -1.52. The molecule has 0 aliphatic carbocycles. The number of aromatic nitrogens is 2. The Morgan fingerprint density at radius 3 is 2.78 bits per heavy atom. The summed E-state index contributed by atoms with van der Waals surface area (Å²) in [5.74, 6) is 0.544. The van der Waals surface area contributed by atoms with Crippen LogP contribution in [-0.4, -0.2) is 27.8 Å². The Labute approximate surface area is 109 Å². The summed E-state index contributed by atoms with van der Waals surface area (Å²) in [7, 11) is 0. The molecule has 5 nitrogen and oxygen atoms in total. The second-order valence-corrected chi connectivity index (χ2v) is 4.49. The Balaban J connectivity index is 2.44. The summed E-state index contributed by atoms with van der Waals surface area (Å²) >= 11 is 0. The molecule has 1 N–H and O–H groups in total. The minimum atomic E-state index is -0.501. The standard InChI is InChI=1S/C13H23N3O2/c1-5-7-10(3)15-13(17)11(4)18-12-8-14-16(6-2)9-12/h8-11H,5-7H2,1-4H3,(H,15,17). The molecule has 2 atom stereocenters. The van der Waals surface area contributed by atoms with Crippen molar-refractivity contribution in [2.45, 2.75) is 59.2 Å². The molecule has 0 saturated carbocycles. The van der Waals surface area contributed by atoms with Crippen LogP contribution in [0.1, 0.15) is 40.5 Å². The molecule has 0 fully saturated rings. The van der Waals surface area contributed by atoms with Gasteiger partial charge in [-0.15, -0.1) is 0 Å². The fourth-order valence-electron chi connectivity index (χ4n) is 1.70. The Morgan fingerprint density at radius 2 is 2.22 bits per heavy atom. The maximum atomic E-state index is 11.8. The lowest BCUT2D eigenvalue weighted by atomic mass is 10.2. The second kappa shape index (κ2) is 7.03. The molecule has 0 aliphatic rings. The van der Waals surface area contributed by atoms with Crippen LogP contribution in [-0.2, 0) is 11.3 Å². The number of amides is 1. The van der Waals surface area contributed by atoms with Crippen molar-refractivity contribution in [2.75, 3.05) is 0 Å². The fourth-order valence-corrected chi connectivity index (χ4v) is 1.70. The van der Waals surface area contributed by atoms with Crippen molar-refractivity contribution in [1.82, 2.24) is 15.1 Å². The second-order valence-electron chi connectivity index (χ2n) is 4.49. The number of nitrogens with one attached hydrogen (secondary N) is 1. The van der Waals surface area contributed by atoms with Gasteiger partial charge in [-0.25, -0.2) is 0 Å². The molecular formula is C13H23N3O2. The molecule has 1 rings (SSSR count). The molecule has 1 aromatic rings. The van der Waals surface area contributed by atoms with E-state index < -0.39 is 6.10 Å². The molecule has 0 aliphatic heterocycles. The molecule has 18 heavy (non-hydrogen) atoms. The first-order chi connectivity index (χ1) is 8.56. The molecule has 0 radical (unpaired) electrons. The van der Waals surface area contributed by atoms with Gasteiger partial charge in [-0.2, -0.15) is 5.10 Å². The van der Waals surface area contributed by atoms with Gasteiger partial charge < -0.3 is 10.1 Å². The average molecular weight is 253 g/mol. The zero-order valence-electron chi connectivity index (χ0n) is 11.6. The van der Waals surface area contributed by atoms with Gasteiger partial charge in [0.2, 0.25) is 0 Å². The van der Waals surface area contributed by atoms with Crippen LogP contribution in [0.15, 0.2) is 12.4 Å². The number of hydrogen-bond acceptors (Lipinski definition) is 3. The first-order valence-corrected chi connectivity index (χ1v) is 6.56. The summed E-state index contributed by atoms with van der Waals surface area (Å²) in [4.78, 5) is 11.8. The van der Waals surface area contributed by atoms with E-state index >= 15 is 0 Å². The first-order valence-electron chi connectivity index (χ1n) is 6.56. The molecule has 2 unspecified atom stereocenters. The number of carbonyl (C=O) groups is 1. The van der Waals surface area contributed by atoms with Crippen molar-refractivity contribution in [3.63, 3.8) is 0 Å². The molecule has 1 heterocycles. The monoisotopic (exact) mass is 253 g/mol.